The third kappa shape index (κ3) is 3.77. The summed E-state index contributed by atoms with van der Waals surface area (Å²) in [5.74, 6) is 0.329. The molecule has 1 aromatic heterocycles. The van der Waals surface area contributed by atoms with Crippen molar-refractivity contribution in [2.45, 2.75) is 39.7 Å². The van der Waals surface area contributed by atoms with Gasteiger partial charge >= 0.3 is 5.97 Å². The van der Waals surface area contributed by atoms with Gasteiger partial charge in [-0.05, 0) is 20.3 Å². The number of hydrogen-bond donors (Lipinski definition) is 0. The highest BCUT2D eigenvalue weighted by molar-refractivity contribution is 5.90. The van der Waals surface area contributed by atoms with Crippen LogP contribution in [0.25, 0.3) is 0 Å². The van der Waals surface area contributed by atoms with Crippen molar-refractivity contribution in [2.75, 3.05) is 13.7 Å². The highest BCUT2D eigenvalue weighted by Gasteiger charge is 2.15. The lowest BCUT2D eigenvalue weighted by Crippen LogP contribution is -2.15. The van der Waals surface area contributed by atoms with E-state index in [1.165, 1.54) is 0 Å². The summed E-state index contributed by atoms with van der Waals surface area (Å²) >= 11 is 0. The average molecular weight is 252 g/mol. The minimum absolute atomic E-state index is 0.0585. The van der Waals surface area contributed by atoms with Gasteiger partial charge in [0.2, 0.25) is 0 Å². The highest BCUT2D eigenvalue weighted by Crippen LogP contribution is 2.10. The number of ether oxygens (including phenoxy) is 2. The second-order valence-electron chi connectivity index (χ2n) is 3.97. The van der Waals surface area contributed by atoms with Gasteiger partial charge < -0.3 is 9.47 Å². The predicted molar refractivity (Wildman–Crippen MR) is 67.5 cm³/mol. The zero-order chi connectivity index (χ0) is 13.5. The summed E-state index contributed by atoms with van der Waals surface area (Å²) in [4.78, 5) is 20.3. The van der Waals surface area contributed by atoms with Crippen LogP contribution < -0.4 is 0 Å². The Morgan fingerprint density at radius 3 is 2.72 bits per heavy atom. The van der Waals surface area contributed by atoms with Crippen molar-refractivity contribution < 1.29 is 14.3 Å². The number of rotatable bonds is 6. The molecule has 0 aliphatic heterocycles. The molecule has 5 nitrogen and oxygen atoms in total. The molecule has 0 aliphatic carbocycles. The third-order valence-corrected chi connectivity index (χ3v) is 2.62. The molecule has 1 aromatic rings. The van der Waals surface area contributed by atoms with Gasteiger partial charge in [0, 0.05) is 19.7 Å². The molecule has 0 fully saturated rings. The summed E-state index contributed by atoms with van der Waals surface area (Å²) < 4.78 is 10.1. The smallest absolute Gasteiger partial charge is 0.341 e. The van der Waals surface area contributed by atoms with E-state index in [0.717, 1.165) is 5.69 Å². The Morgan fingerprint density at radius 1 is 1.44 bits per heavy atom. The number of esters is 1. The molecule has 0 bridgehead atoms. The molecule has 0 aromatic carbocycles. The maximum absolute atomic E-state index is 11.7. The average Bonchev–Trinajstić information content (AvgIpc) is 2.38. The molecule has 0 saturated carbocycles. The van der Waals surface area contributed by atoms with Crippen molar-refractivity contribution in [1.82, 2.24) is 9.97 Å². The fraction of sp³-hybridized carbons (Fsp3) is 0.615. The molecule has 0 radical (unpaired) electrons. The summed E-state index contributed by atoms with van der Waals surface area (Å²) in [6, 6.07) is 0. The quantitative estimate of drug-likeness (QED) is 0.722. The van der Waals surface area contributed by atoms with E-state index in [4.69, 9.17) is 9.47 Å². The van der Waals surface area contributed by atoms with Crippen molar-refractivity contribution in [3.63, 3.8) is 0 Å². The molecule has 0 amide bonds. The lowest BCUT2D eigenvalue weighted by Gasteiger charge is -2.11. The van der Waals surface area contributed by atoms with E-state index in [9.17, 15) is 4.79 Å². The molecular formula is C13H20N2O3. The van der Waals surface area contributed by atoms with Crippen LogP contribution in [0.4, 0.5) is 0 Å². The summed E-state index contributed by atoms with van der Waals surface area (Å²) in [6.45, 7) is 6.03. The monoisotopic (exact) mass is 252 g/mol. The van der Waals surface area contributed by atoms with Gasteiger partial charge in [-0.2, -0.15) is 0 Å². The topological polar surface area (TPSA) is 61.3 Å². The number of aryl methyl sites for hydroxylation is 1. The highest BCUT2D eigenvalue weighted by atomic mass is 16.5. The van der Waals surface area contributed by atoms with E-state index in [0.29, 0.717) is 30.8 Å². The Labute approximate surface area is 108 Å². The second kappa shape index (κ2) is 7.06. The first-order valence-electron chi connectivity index (χ1n) is 6.17. The van der Waals surface area contributed by atoms with Crippen LogP contribution in [0.1, 0.15) is 42.6 Å². The number of hydrogen-bond acceptors (Lipinski definition) is 5. The number of carbonyl (C=O) groups is 1. The van der Waals surface area contributed by atoms with Gasteiger partial charge in [0.15, 0.2) is 0 Å². The van der Waals surface area contributed by atoms with E-state index in [2.05, 4.69) is 9.97 Å². The minimum atomic E-state index is -0.360. The molecule has 1 heterocycles. The Kier molecular flexibility index (Phi) is 5.71. The fourth-order valence-corrected chi connectivity index (χ4v) is 1.55. The van der Waals surface area contributed by atoms with Crippen molar-refractivity contribution >= 4 is 5.97 Å². The summed E-state index contributed by atoms with van der Waals surface area (Å²) in [5.41, 5.74) is 1.18. The zero-order valence-electron chi connectivity index (χ0n) is 11.4. The normalized spacial score (nSPS) is 12.2. The van der Waals surface area contributed by atoms with E-state index < -0.39 is 0 Å². The second-order valence-corrected chi connectivity index (χ2v) is 3.97. The molecule has 0 saturated heterocycles. The molecule has 0 aliphatic rings. The maximum atomic E-state index is 11.7. The summed E-state index contributed by atoms with van der Waals surface area (Å²) in [6.07, 6.45) is 2.90. The molecule has 1 unspecified atom stereocenters. The van der Waals surface area contributed by atoms with Gasteiger partial charge in [-0.15, -0.1) is 0 Å². The van der Waals surface area contributed by atoms with E-state index in [-0.39, 0.29) is 12.1 Å². The first-order chi connectivity index (χ1) is 8.62. The Bertz CT molecular complexity index is 407. The Morgan fingerprint density at radius 2 is 2.17 bits per heavy atom. The summed E-state index contributed by atoms with van der Waals surface area (Å²) in [7, 11) is 1.65. The first kappa shape index (κ1) is 14.6. The predicted octanol–water partition coefficient (Wildman–Crippen LogP) is 1.79. The van der Waals surface area contributed by atoms with Crippen molar-refractivity contribution in [3.05, 3.63) is 23.3 Å². The Hall–Kier alpha value is -1.49. The molecule has 1 atom stereocenters. The van der Waals surface area contributed by atoms with Gasteiger partial charge in [-0.1, -0.05) is 6.92 Å². The molecule has 5 heteroatoms. The molecule has 0 N–H and O–H groups in total. The number of nitrogens with zero attached hydrogens (tertiary/aromatic N) is 2. The Balaban J connectivity index is 2.92. The van der Waals surface area contributed by atoms with Crippen LogP contribution in [0.3, 0.4) is 0 Å². The molecular weight excluding hydrogens is 232 g/mol. The van der Waals surface area contributed by atoms with Crippen LogP contribution in [0.15, 0.2) is 6.20 Å². The lowest BCUT2D eigenvalue weighted by molar-refractivity contribution is 0.0524. The summed E-state index contributed by atoms with van der Waals surface area (Å²) in [5, 5.41) is 0. The van der Waals surface area contributed by atoms with Crippen LogP contribution in [-0.2, 0) is 22.3 Å². The first-order valence-corrected chi connectivity index (χ1v) is 6.17. The molecule has 0 spiro atoms. The van der Waals surface area contributed by atoms with Crippen molar-refractivity contribution in [1.29, 1.82) is 0 Å². The van der Waals surface area contributed by atoms with Crippen LogP contribution in [0.5, 0.6) is 0 Å². The number of carbonyl (C=O) groups excluding carboxylic acids is 1. The van der Waals surface area contributed by atoms with Crippen molar-refractivity contribution in [3.8, 4) is 0 Å². The molecule has 1 rings (SSSR count). The van der Waals surface area contributed by atoms with Crippen LogP contribution in [-0.4, -0.2) is 35.8 Å². The van der Waals surface area contributed by atoms with Gasteiger partial charge in [-0.25, -0.2) is 14.8 Å². The van der Waals surface area contributed by atoms with E-state index >= 15 is 0 Å². The largest absolute Gasteiger partial charge is 0.462 e. The van der Waals surface area contributed by atoms with E-state index in [1.807, 2.05) is 13.8 Å². The van der Waals surface area contributed by atoms with Crippen LogP contribution in [0.2, 0.25) is 0 Å². The fourth-order valence-electron chi connectivity index (χ4n) is 1.55. The molecule has 18 heavy (non-hydrogen) atoms. The lowest BCUT2D eigenvalue weighted by atomic mass is 10.1. The minimum Gasteiger partial charge on any atom is -0.462 e. The number of aromatic nitrogens is 2. The van der Waals surface area contributed by atoms with Gasteiger partial charge in [0.25, 0.3) is 0 Å². The number of methoxy groups -OCH3 is 1. The third-order valence-electron chi connectivity index (χ3n) is 2.62. The standard InChI is InChI=1S/C13H20N2O3/c1-5-11-10(13(16)18-6-2)8-14-12(15-11)7-9(3)17-4/h8-9H,5-7H2,1-4H3. The van der Waals surface area contributed by atoms with Gasteiger partial charge in [-0.3, -0.25) is 0 Å². The van der Waals surface area contributed by atoms with Gasteiger partial charge in [0.05, 0.1) is 24.0 Å². The van der Waals surface area contributed by atoms with Crippen LogP contribution >= 0.6 is 0 Å². The van der Waals surface area contributed by atoms with Crippen molar-refractivity contribution in [2.24, 2.45) is 0 Å². The molecule has 100 valence electrons. The van der Waals surface area contributed by atoms with Gasteiger partial charge in [0.1, 0.15) is 5.82 Å². The SMILES string of the molecule is CCOC(=O)c1cnc(CC(C)OC)nc1CC. The maximum Gasteiger partial charge on any atom is 0.341 e. The van der Waals surface area contributed by atoms with Crippen LogP contribution in [0, 0.1) is 0 Å². The zero-order valence-corrected chi connectivity index (χ0v) is 11.4. The van der Waals surface area contributed by atoms with E-state index in [1.54, 1.807) is 20.2 Å².